The highest BCUT2D eigenvalue weighted by molar-refractivity contribution is 5.88. The summed E-state index contributed by atoms with van der Waals surface area (Å²) in [6.07, 6.45) is -0.892. The molecule has 0 amide bonds. The van der Waals surface area contributed by atoms with Gasteiger partial charge in [0.05, 0.1) is 0 Å². The van der Waals surface area contributed by atoms with Gasteiger partial charge in [-0.3, -0.25) is 4.79 Å². The van der Waals surface area contributed by atoms with Gasteiger partial charge in [-0.25, -0.2) is 0 Å². The molecule has 0 aromatic heterocycles. The van der Waals surface area contributed by atoms with Crippen molar-refractivity contribution in [2.24, 2.45) is 0 Å². The minimum absolute atomic E-state index is 0.0179. The molecule has 0 aliphatic heterocycles. The largest absolute Gasteiger partial charge is 0.488 e. The average molecular weight is 255 g/mol. The first kappa shape index (κ1) is 12.9. The molecule has 0 bridgehead atoms. The molecule has 1 atom stereocenters. The molecular weight excluding hydrogens is 242 g/mol. The smallest absolute Gasteiger partial charge is 0.304 e. The lowest BCUT2D eigenvalue weighted by Gasteiger charge is -2.12. The summed E-state index contributed by atoms with van der Waals surface area (Å²) >= 11 is 0. The summed E-state index contributed by atoms with van der Waals surface area (Å²) in [6, 6.07) is 15.4. The van der Waals surface area contributed by atoms with Gasteiger partial charge in [-0.2, -0.15) is 5.26 Å². The number of nitriles is 1. The molecule has 19 heavy (non-hydrogen) atoms. The van der Waals surface area contributed by atoms with Gasteiger partial charge in [-0.1, -0.05) is 36.4 Å². The second kappa shape index (κ2) is 5.87. The first-order chi connectivity index (χ1) is 9.20. The Balaban J connectivity index is 2.13. The Bertz CT molecular complexity index is 625. The van der Waals surface area contributed by atoms with E-state index in [0.29, 0.717) is 5.75 Å². The van der Waals surface area contributed by atoms with Crippen molar-refractivity contribution in [3.05, 3.63) is 42.5 Å². The number of fused-ring (bicyclic) bond motifs is 1. The zero-order valence-electron chi connectivity index (χ0n) is 10.5. The predicted octanol–water partition coefficient (Wildman–Crippen LogP) is 2.67. The van der Waals surface area contributed by atoms with Crippen LogP contribution in [0.15, 0.2) is 42.5 Å². The Morgan fingerprint density at radius 3 is 2.74 bits per heavy atom. The van der Waals surface area contributed by atoms with Crippen LogP contribution in [-0.2, 0) is 9.53 Å². The zero-order chi connectivity index (χ0) is 13.7. The molecule has 4 heteroatoms. The van der Waals surface area contributed by atoms with E-state index in [4.69, 9.17) is 14.7 Å². The summed E-state index contributed by atoms with van der Waals surface area (Å²) in [5, 5.41) is 10.9. The van der Waals surface area contributed by atoms with Gasteiger partial charge in [-0.15, -0.1) is 0 Å². The van der Waals surface area contributed by atoms with Crippen molar-refractivity contribution in [1.82, 2.24) is 0 Å². The van der Waals surface area contributed by atoms with E-state index in [1.54, 1.807) is 0 Å². The van der Waals surface area contributed by atoms with E-state index >= 15 is 0 Å². The van der Waals surface area contributed by atoms with Gasteiger partial charge in [0, 0.05) is 12.3 Å². The third-order valence-corrected chi connectivity index (χ3v) is 2.59. The molecule has 0 unspecified atom stereocenters. The lowest BCUT2D eigenvalue weighted by atomic mass is 10.1. The van der Waals surface area contributed by atoms with Crippen molar-refractivity contribution >= 4 is 16.7 Å². The van der Waals surface area contributed by atoms with Gasteiger partial charge >= 0.3 is 5.97 Å². The van der Waals surface area contributed by atoms with E-state index in [9.17, 15) is 4.79 Å². The van der Waals surface area contributed by atoms with E-state index < -0.39 is 12.1 Å². The van der Waals surface area contributed by atoms with Gasteiger partial charge < -0.3 is 9.47 Å². The Morgan fingerprint density at radius 1 is 1.26 bits per heavy atom. The number of carbonyl (C=O) groups excluding carboxylic acids is 1. The Labute approximate surface area is 111 Å². The molecule has 0 N–H and O–H groups in total. The number of benzene rings is 2. The van der Waals surface area contributed by atoms with Crippen LogP contribution < -0.4 is 4.74 Å². The van der Waals surface area contributed by atoms with Crippen LogP contribution in [0.2, 0.25) is 0 Å². The van der Waals surface area contributed by atoms with Gasteiger partial charge in [0.25, 0.3) is 0 Å². The first-order valence-corrected chi connectivity index (χ1v) is 5.88. The maximum Gasteiger partial charge on any atom is 0.304 e. The van der Waals surface area contributed by atoms with Crippen molar-refractivity contribution in [3.63, 3.8) is 0 Å². The van der Waals surface area contributed by atoms with Crippen molar-refractivity contribution in [2.75, 3.05) is 6.61 Å². The van der Waals surface area contributed by atoms with Crippen LogP contribution in [0, 0.1) is 11.3 Å². The lowest BCUT2D eigenvalue weighted by Crippen LogP contribution is -2.22. The first-order valence-electron chi connectivity index (χ1n) is 5.88. The Morgan fingerprint density at radius 2 is 2.00 bits per heavy atom. The topological polar surface area (TPSA) is 59.3 Å². The SMILES string of the molecule is CC(=O)O[C@@H](C#N)COc1cccc2ccccc12. The standard InChI is InChI=1S/C15H13NO3/c1-11(17)19-13(9-16)10-18-15-8-4-6-12-5-2-3-7-14(12)15/h2-8,13H,10H2,1H3/t13-/m0/s1. The molecule has 96 valence electrons. The normalized spacial score (nSPS) is 11.6. The average Bonchev–Trinajstić information content (AvgIpc) is 2.43. The molecule has 0 radical (unpaired) electrons. The Kier molecular flexibility index (Phi) is 3.99. The van der Waals surface area contributed by atoms with Crippen molar-refractivity contribution in [2.45, 2.75) is 13.0 Å². The van der Waals surface area contributed by atoms with Crippen molar-refractivity contribution < 1.29 is 14.3 Å². The highest BCUT2D eigenvalue weighted by atomic mass is 16.6. The fraction of sp³-hybridized carbons (Fsp3) is 0.200. The summed E-state index contributed by atoms with van der Waals surface area (Å²) in [5.41, 5.74) is 0. The molecule has 0 fully saturated rings. The van der Waals surface area contributed by atoms with Gasteiger partial charge in [0.1, 0.15) is 18.4 Å². The minimum Gasteiger partial charge on any atom is -0.488 e. The van der Waals surface area contributed by atoms with E-state index in [2.05, 4.69) is 0 Å². The lowest BCUT2D eigenvalue weighted by molar-refractivity contribution is -0.144. The summed E-state index contributed by atoms with van der Waals surface area (Å²) in [7, 11) is 0. The minimum atomic E-state index is -0.892. The van der Waals surface area contributed by atoms with Crippen LogP contribution in [-0.4, -0.2) is 18.7 Å². The van der Waals surface area contributed by atoms with Gasteiger partial charge in [0.15, 0.2) is 0 Å². The van der Waals surface area contributed by atoms with E-state index in [-0.39, 0.29) is 6.61 Å². The summed E-state index contributed by atoms with van der Waals surface area (Å²) < 4.78 is 10.4. The second-order valence-corrected chi connectivity index (χ2v) is 4.02. The molecule has 0 aliphatic carbocycles. The van der Waals surface area contributed by atoms with Crippen LogP contribution in [0.5, 0.6) is 5.75 Å². The highest BCUT2D eigenvalue weighted by Crippen LogP contribution is 2.25. The molecule has 2 aromatic carbocycles. The molecule has 2 aromatic rings. The summed E-state index contributed by atoms with van der Waals surface area (Å²) in [6.45, 7) is 1.28. The van der Waals surface area contributed by atoms with Crippen molar-refractivity contribution in [3.8, 4) is 11.8 Å². The van der Waals surface area contributed by atoms with Gasteiger partial charge in [-0.05, 0) is 11.5 Å². The van der Waals surface area contributed by atoms with Crippen LogP contribution in [0.4, 0.5) is 0 Å². The van der Waals surface area contributed by atoms with E-state index in [0.717, 1.165) is 10.8 Å². The quantitative estimate of drug-likeness (QED) is 0.788. The van der Waals surface area contributed by atoms with E-state index in [1.807, 2.05) is 48.5 Å². The number of hydrogen-bond donors (Lipinski definition) is 0. The molecule has 2 rings (SSSR count). The molecule has 0 aliphatic rings. The monoisotopic (exact) mass is 255 g/mol. The fourth-order valence-corrected chi connectivity index (χ4v) is 1.78. The third-order valence-electron chi connectivity index (χ3n) is 2.59. The maximum atomic E-state index is 10.8. The number of esters is 1. The van der Waals surface area contributed by atoms with Crippen LogP contribution >= 0.6 is 0 Å². The van der Waals surface area contributed by atoms with Crippen LogP contribution in [0.25, 0.3) is 10.8 Å². The number of carbonyl (C=O) groups is 1. The number of ether oxygens (including phenoxy) is 2. The van der Waals surface area contributed by atoms with Gasteiger partial charge in [0.2, 0.25) is 6.10 Å². The molecule has 4 nitrogen and oxygen atoms in total. The van der Waals surface area contributed by atoms with Crippen molar-refractivity contribution in [1.29, 1.82) is 5.26 Å². The second-order valence-electron chi connectivity index (χ2n) is 4.02. The molecule has 0 saturated heterocycles. The fourth-order valence-electron chi connectivity index (χ4n) is 1.78. The number of hydrogen-bond acceptors (Lipinski definition) is 4. The molecule has 0 spiro atoms. The third kappa shape index (κ3) is 3.23. The number of rotatable bonds is 4. The Hall–Kier alpha value is -2.54. The molecule has 0 heterocycles. The van der Waals surface area contributed by atoms with Crippen LogP contribution in [0.1, 0.15) is 6.92 Å². The molecular formula is C15H13NO3. The summed E-state index contributed by atoms with van der Waals surface area (Å²) in [4.78, 5) is 10.8. The highest BCUT2D eigenvalue weighted by Gasteiger charge is 2.12. The zero-order valence-corrected chi connectivity index (χ0v) is 10.5. The number of nitrogens with zero attached hydrogens (tertiary/aromatic N) is 1. The van der Waals surface area contributed by atoms with Crippen LogP contribution in [0.3, 0.4) is 0 Å². The molecule has 0 saturated carbocycles. The summed E-state index contributed by atoms with van der Waals surface area (Å²) in [5.74, 6) is 0.179. The maximum absolute atomic E-state index is 10.8. The predicted molar refractivity (Wildman–Crippen MR) is 70.6 cm³/mol. The van der Waals surface area contributed by atoms with E-state index in [1.165, 1.54) is 6.92 Å².